The summed E-state index contributed by atoms with van der Waals surface area (Å²) >= 11 is 6.12. The van der Waals surface area contributed by atoms with Gasteiger partial charge >= 0.3 is 0 Å². The Morgan fingerprint density at radius 2 is 1.74 bits per heavy atom. The maximum atomic E-state index is 9.48. The number of aromatic nitrogens is 3. The zero-order valence-corrected chi connectivity index (χ0v) is 13.7. The van der Waals surface area contributed by atoms with Crippen LogP contribution in [0.5, 0.6) is 11.5 Å². The van der Waals surface area contributed by atoms with Crippen LogP contribution in [0, 0.1) is 4.64 Å². The van der Waals surface area contributed by atoms with Crippen molar-refractivity contribution < 1.29 is 10.2 Å². The fourth-order valence-electron chi connectivity index (χ4n) is 1.53. The van der Waals surface area contributed by atoms with Crippen LogP contribution >= 0.6 is 24.0 Å². The molecule has 3 heterocycles. The number of hydrogen-bond acceptors (Lipinski definition) is 6. The Balaban J connectivity index is 0.000000203. The first-order valence-corrected chi connectivity index (χ1v) is 8.09. The minimum atomic E-state index is 0.127. The average molecular weight is 345 g/mol. The average Bonchev–Trinajstić information content (AvgIpc) is 2.58. The van der Waals surface area contributed by atoms with Gasteiger partial charge in [0, 0.05) is 24.3 Å². The Hall–Kier alpha value is -2.38. The molecule has 0 aromatic carbocycles. The van der Waals surface area contributed by atoms with Gasteiger partial charge in [-0.15, -0.1) is 0 Å². The number of nitrogens with zero attached hydrogens (tertiary/aromatic N) is 2. The summed E-state index contributed by atoms with van der Waals surface area (Å²) < 4.78 is 0.382. The van der Waals surface area contributed by atoms with Gasteiger partial charge in [0.2, 0.25) is 0 Å². The zero-order chi connectivity index (χ0) is 16.5. The summed E-state index contributed by atoms with van der Waals surface area (Å²) in [5.41, 5.74) is 0.979. The summed E-state index contributed by atoms with van der Waals surface area (Å²) in [5.74, 6) is 1.06. The van der Waals surface area contributed by atoms with Gasteiger partial charge in [0.25, 0.3) is 0 Å². The molecule has 0 spiro atoms. The second kappa shape index (κ2) is 8.92. The van der Waals surface area contributed by atoms with Crippen LogP contribution in [-0.2, 0) is 5.75 Å². The molecule has 3 aromatic heterocycles. The number of aromatic amines is 1. The molecule has 118 valence electrons. The second-order valence-corrected chi connectivity index (χ2v) is 5.69. The molecular formula is C16H15N3O2S2. The van der Waals surface area contributed by atoms with Crippen LogP contribution in [0.25, 0.3) is 0 Å². The lowest BCUT2D eigenvalue weighted by Gasteiger charge is -2.01. The molecule has 0 radical (unpaired) electrons. The number of hydrogen-bond donors (Lipinski definition) is 3. The number of thioether (sulfide) groups is 1. The lowest BCUT2D eigenvalue weighted by atomic mass is 10.4. The fourth-order valence-corrected chi connectivity index (χ4v) is 2.47. The summed E-state index contributed by atoms with van der Waals surface area (Å²) in [6.07, 6.45) is 5.09. The van der Waals surface area contributed by atoms with Crippen LogP contribution in [0.3, 0.4) is 0 Å². The first kappa shape index (κ1) is 17.0. The molecule has 0 fully saturated rings. The van der Waals surface area contributed by atoms with Crippen LogP contribution in [0.15, 0.2) is 66.1 Å². The van der Waals surface area contributed by atoms with Crippen molar-refractivity contribution in [3.8, 4) is 11.5 Å². The van der Waals surface area contributed by atoms with Crippen molar-refractivity contribution >= 4 is 24.0 Å². The predicted octanol–water partition coefficient (Wildman–Crippen LogP) is 3.92. The molecule has 5 nitrogen and oxygen atoms in total. The number of nitrogens with one attached hydrogen (secondary N) is 1. The van der Waals surface area contributed by atoms with Crippen molar-refractivity contribution in [1.82, 2.24) is 15.0 Å². The molecule has 7 heteroatoms. The van der Waals surface area contributed by atoms with Gasteiger partial charge in [0.1, 0.15) is 21.2 Å². The zero-order valence-electron chi connectivity index (χ0n) is 12.1. The minimum absolute atomic E-state index is 0.127. The summed E-state index contributed by atoms with van der Waals surface area (Å²) in [5, 5.41) is 18.9. The summed E-state index contributed by atoms with van der Waals surface area (Å²) in [4.78, 5) is 10.9. The quantitative estimate of drug-likeness (QED) is 0.493. The molecule has 0 unspecified atom stereocenters. The van der Waals surface area contributed by atoms with Gasteiger partial charge < -0.3 is 15.2 Å². The number of H-pyrrole nitrogens is 1. The predicted molar refractivity (Wildman–Crippen MR) is 93.0 cm³/mol. The Kier molecular flexibility index (Phi) is 6.58. The maximum Gasteiger partial charge on any atom is 0.150 e. The highest BCUT2D eigenvalue weighted by Crippen LogP contribution is 2.27. The van der Waals surface area contributed by atoms with Gasteiger partial charge in [-0.2, -0.15) is 0 Å². The van der Waals surface area contributed by atoms with E-state index in [0.717, 1.165) is 5.69 Å². The molecule has 3 rings (SSSR count). The van der Waals surface area contributed by atoms with Crippen molar-refractivity contribution in [2.24, 2.45) is 0 Å². The van der Waals surface area contributed by atoms with E-state index < -0.39 is 0 Å². The third-order valence-electron chi connectivity index (χ3n) is 2.63. The van der Waals surface area contributed by atoms with E-state index in [-0.39, 0.29) is 11.5 Å². The van der Waals surface area contributed by atoms with E-state index in [0.29, 0.717) is 15.4 Å². The normalized spacial score (nSPS) is 9.74. The van der Waals surface area contributed by atoms with E-state index in [1.165, 1.54) is 11.8 Å². The van der Waals surface area contributed by atoms with Crippen LogP contribution < -0.4 is 0 Å². The first-order valence-electron chi connectivity index (χ1n) is 6.70. The smallest absolute Gasteiger partial charge is 0.150 e. The third kappa shape index (κ3) is 5.72. The highest BCUT2D eigenvalue weighted by atomic mass is 32.2. The van der Waals surface area contributed by atoms with E-state index in [1.807, 2.05) is 18.2 Å². The van der Waals surface area contributed by atoms with Gasteiger partial charge in [-0.3, -0.25) is 4.98 Å². The van der Waals surface area contributed by atoms with Crippen LogP contribution in [0.1, 0.15) is 5.69 Å². The Morgan fingerprint density at radius 1 is 0.957 bits per heavy atom. The Labute approximate surface area is 143 Å². The lowest BCUT2D eigenvalue weighted by molar-refractivity contribution is 0.457. The van der Waals surface area contributed by atoms with Crippen molar-refractivity contribution in [1.29, 1.82) is 0 Å². The van der Waals surface area contributed by atoms with Gasteiger partial charge in [-0.05, 0) is 36.4 Å². The molecule has 3 N–H and O–H groups in total. The van der Waals surface area contributed by atoms with Gasteiger partial charge in [0.15, 0.2) is 0 Å². The standard InChI is InChI=1S/C11H10N2OS.C5H5NOS/c14-10-5-3-7-13-11(10)15-8-9-4-1-2-6-12-9;7-4-2-1-3-6-5(4)8/h1-7,14H,8H2;1-3,7H,(H,6,8). The summed E-state index contributed by atoms with van der Waals surface area (Å²) in [6, 6.07) is 12.3. The van der Waals surface area contributed by atoms with Gasteiger partial charge in [0.05, 0.1) is 5.69 Å². The molecular weight excluding hydrogens is 330 g/mol. The summed E-state index contributed by atoms with van der Waals surface area (Å²) in [6.45, 7) is 0. The first-order chi connectivity index (χ1) is 11.2. The lowest BCUT2D eigenvalue weighted by Crippen LogP contribution is -1.86. The van der Waals surface area contributed by atoms with Crippen molar-refractivity contribution in [2.75, 3.05) is 0 Å². The van der Waals surface area contributed by atoms with E-state index in [4.69, 9.17) is 5.11 Å². The molecule has 0 aliphatic rings. The molecule has 0 bridgehead atoms. The van der Waals surface area contributed by atoms with Gasteiger partial charge in [-0.1, -0.05) is 30.0 Å². The molecule has 0 saturated heterocycles. The maximum absolute atomic E-state index is 9.48. The van der Waals surface area contributed by atoms with E-state index in [9.17, 15) is 5.11 Å². The molecule has 0 aliphatic heterocycles. The monoisotopic (exact) mass is 345 g/mol. The SMILES string of the molecule is Oc1ccc[nH]c1=S.Oc1cccnc1SCc1ccccn1. The van der Waals surface area contributed by atoms with E-state index in [1.54, 1.807) is 42.9 Å². The third-order valence-corrected chi connectivity index (χ3v) is 3.99. The molecule has 0 amide bonds. The van der Waals surface area contributed by atoms with E-state index >= 15 is 0 Å². The van der Waals surface area contributed by atoms with Crippen LogP contribution in [-0.4, -0.2) is 25.2 Å². The fraction of sp³-hybridized carbons (Fsp3) is 0.0625. The van der Waals surface area contributed by atoms with Gasteiger partial charge in [-0.25, -0.2) is 4.98 Å². The highest BCUT2D eigenvalue weighted by molar-refractivity contribution is 7.98. The molecule has 0 atom stereocenters. The minimum Gasteiger partial charge on any atom is -0.505 e. The largest absolute Gasteiger partial charge is 0.505 e. The van der Waals surface area contributed by atoms with E-state index in [2.05, 4.69) is 27.2 Å². The summed E-state index contributed by atoms with van der Waals surface area (Å²) in [7, 11) is 0. The van der Waals surface area contributed by atoms with Crippen molar-refractivity contribution in [3.05, 3.63) is 71.4 Å². The number of aromatic hydroxyl groups is 2. The van der Waals surface area contributed by atoms with Crippen molar-refractivity contribution in [3.63, 3.8) is 0 Å². The molecule has 0 saturated carbocycles. The molecule has 3 aromatic rings. The Morgan fingerprint density at radius 3 is 2.35 bits per heavy atom. The van der Waals surface area contributed by atoms with Crippen LogP contribution in [0.4, 0.5) is 0 Å². The molecule has 0 aliphatic carbocycles. The topological polar surface area (TPSA) is 82.0 Å². The second-order valence-electron chi connectivity index (χ2n) is 4.32. The Bertz CT molecular complexity index is 794. The highest BCUT2D eigenvalue weighted by Gasteiger charge is 2.02. The van der Waals surface area contributed by atoms with Crippen molar-refractivity contribution in [2.45, 2.75) is 10.8 Å². The number of pyridine rings is 3. The number of rotatable bonds is 3. The molecule has 23 heavy (non-hydrogen) atoms. The van der Waals surface area contributed by atoms with Crippen LogP contribution in [0.2, 0.25) is 0 Å².